The molecule has 1 saturated heterocycles. The topological polar surface area (TPSA) is 89.4 Å². The van der Waals surface area contributed by atoms with Crippen LogP contribution in [-0.2, 0) is 9.59 Å². The van der Waals surface area contributed by atoms with Crippen LogP contribution in [0.2, 0.25) is 0 Å². The Labute approximate surface area is 115 Å². The number of hydrogen-bond donors (Lipinski definition) is 2. The first-order valence-corrected chi connectivity index (χ1v) is 7.03. The molecule has 1 unspecified atom stereocenters. The summed E-state index contributed by atoms with van der Waals surface area (Å²) in [5.41, 5.74) is 11.1. The molecule has 0 radical (unpaired) electrons. The number of nitrogens with zero attached hydrogens (tertiary/aromatic N) is 1. The van der Waals surface area contributed by atoms with Crippen molar-refractivity contribution < 1.29 is 9.59 Å². The van der Waals surface area contributed by atoms with Crippen molar-refractivity contribution in [2.45, 2.75) is 40.0 Å². The molecule has 2 amide bonds. The lowest BCUT2D eigenvalue weighted by atomic mass is 9.83. The van der Waals surface area contributed by atoms with Crippen LogP contribution in [0.4, 0.5) is 0 Å². The van der Waals surface area contributed by atoms with Gasteiger partial charge in [-0.05, 0) is 24.7 Å². The lowest BCUT2D eigenvalue weighted by molar-refractivity contribution is -0.139. The second-order valence-corrected chi connectivity index (χ2v) is 6.70. The van der Waals surface area contributed by atoms with Gasteiger partial charge in [-0.15, -0.1) is 0 Å². The summed E-state index contributed by atoms with van der Waals surface area (Å²) in [7, 11) is 0. The molecule has 4 N–H and O–H groups in total. The molecular weight excluding hydrogens is 242 g/mol. The highest BCUT2D eigenvalue weighted by Crippen LogP contribution is 2.26. The average molecular weight is 269 g/mol. The molecule has 1 atom stereocenters. The Morgan fingerprint density at radius 2 is 1.79 bits per heavy atom. The molecule has 0 aromatic carbocycles. The maximum absolute atomic E-state index is 12.4. The standard InChI is InChI=1S/C14H27N3O2/c1-14(2,3)8-11(9-15)13(19)17-6-4-10(5-7-17)12(16)18/h10-11H,4-9,15H2,1-3H3,(H2,16,18). The van der Waals surface area contributed by atoms with Gasteiger partial charge < -0.3 is 16.4 Å². The smallest absolute Gasteiger partial charge is 0.226 e. The highest BCUT2D eigenvalue weighted by molar-refractivity contribution is 5.80. The van der Waals surface area contributed by atoms with Crippen LogP contribution >= 0.6 is 0 Å². The highest BCUT2D eigenvalue weighted by atomic mass is 16.2. The lowest BCUT2D eigenvalue weighted by Crippen LogP contribution is -2.46. The van der Waals surface area contributed by atoms with Gasteiger partial charge in [0, 0.05) is 25.6 Å². The zero-order valence-electron chi connectivity index (χ0n) is 12.3. The molecule has 110 valence electrons. The molecule has 0 bridgehead atoms. The molecule has 1 fully saturated rings. The van der Waals surface area contributed by atoms with Crippen molar-refractivity contribution in [2.24, 2.45) is 28.7 Å². The van der Waals surface area contributed by atoms with E-state index in [-0.39, 0.29) is 29.1 Å². The number of piperidine rings is 1. The summed E-state index contributed by atoms with van der Waals surface area (Å²) >= 11 is 0. The Kier molecular flexibility index (Phi) is 5.35. The molecule has 19 heavy (non-hydrogen) atoms. The maximum Gasteiger partial charge on any atom is 0.226 e. The summed E-state index contributed by atoms with van der Waals surface area (Å²) in [4.78, 5) is 25.4. The van der Waals surface area contributed by atoms with E-state index in [9.17, 15) is 9.59 Å². The second-order valence-electron chi connectivity index (χ2n) is 6.70. The van der Waals surface area contributed by atoms with Gasteiger partial charge in [0.2, 0.25) is 11.8 Å². The van der Waals surface area contributed by atoms with E-state index in [1.165, 1.54) is 0 Å². The first kappa shape index (κ1) is 16.0. The SMILES string of the molecule is CC(C)(C)CC(CN)C(=O)N1CCC(C(N)=O)CC1. The number of carbonyl (C=O) groups excluding carboxylic acids is 2. The lowest BCUT2D eigenvalue weighted by Gasteiger charge is -2.34. The van der Waals surface area contributed by atoms with Crippen LogP contribution in [0.1, 0.15) is 40.0 Å². The minimum atomic E-state index is -0.253. The van der Waals surface area contributed by atoms with Crippen LogP contribution in [-0.4, -0.2) is 36.3 Å². The number of carbonyl (C=O) groups is 2. The Bertz CT molecular complexity index is 328. The fraction of sp³-hybridized carbons (Fsp3) is 0.857. The molecular formula is C14H27N3O2. The molecule has 0 aromatic heterocycles. The van der Waals surface area contributed by atoms with Crippen LogP contribution in [0, 0.1) is 17.3 Å². The Morgan fingerprint density at radius 1 is 1.26 bits per heavy atom. The Balaban J connectivity index is 2.55. The van der Waals surface area contributed by atoms with Crippen molar-refractivity contribution in [1.29, 1.82) is 0 Å². The summed E-state index contributed by atoms with van der Waals surface area (Å²) in [5, 5.41) is 0. The minimum Gasteiger partial charge on any atom is -0.369 e. The third-order valence-electron chi connectivity index (χ3n) is 3.70. The van der Waals surface area contributed by atoms with Crippen molar-refractivity contribution in [2.75, 3.05) is 19.6 Å². The molecule has 0 saturated carbocycles. The zero-order valence-corrected chi connectivity index (χ0v) is 12.3. The quantitative estimate of drug-likeness (QED) is 0.788. The van der Waals surface area contributed by atoms with E-state index in [0.717, 1.165) is 6.42 Å². The van der Waals surface area contributed by atoms with Crippen LogP contribution in [0.25, 0.3) is 0 Å². The molecule has 1 heterocycles. The number of rotatable bonds is 4. The predicted molar refractivity (Wildman–Crippen MR) is 75.1 cm³/mol. The fourth-order valence-electron chi connectivity index (χ4n) is 2.65. The van der Waals surface area contributed by atoms with Crippen molar-refractivity contribution in [3.05, 3.63) is 0 Å². The molecule has 1 aliphatic heterocycles. The van der Waals surface area contributed by atoms with Crippen LogP contribution in [0.15, 0.2) is 0 Å². The fourth-order valence-corrected chi connectivity index (χ4v) is 2.65. The molecule has 1 aliphatic rings. The maximum atomic E-state index is 12.4. The third-order valence-corrected chi connectivity index (χ3v) is 3.70. The number of amides is 2. The van der Waals surface area contributed by atoms with Crippen molar-refractivity contribution >= 4 is 11.8 Å². The Hall–Kier alpha value is -1.10. The highest BCUT2D eigenvalue weighted by Gasteiger charge is 2.31. The van der Waals surface area contributed by atoms with Crippen LogP contribution < -0.4 is 11.5 Å². The summed E-state index contributed by atoms with van der Waals surface area (Å²) in [6.07, 6.45) is 2.14. The van der Waals surface area contributed by atoms with Gasteiger partial charge in [-0.1, -0.05) is 20.8 Å². The first-order valence-electron chi connectivity index (χ1n) is 7.03. The molecule has 0 aliphatic carbocycles. The summed E-state index contributed by atoms with van der Waals surface area (Å²) in [5.74, 6) is -0.328. The van der Waals surface area contributed by atoms with E-state index >= 15 is 0 Å². The van der Waals surface area contributed by atoms with Crippen molar-refractivity contribution in [3.8, 4) is 0 Å². The zero-order chi connectivity index (χ0) is 14.6. The number of hydrogen-bond acceptors (Lipinski definition) is 3. The van der Waals surface area contributed by atoms with E-state index < -0.39 is 0 Å². The van der Waals surface area contributed by atoms with E-state index in [4.69, 9.17) is 11.5 Å². The molecule has 0 aromatic rings. The summed E-state index contributed by atoms with van der Waals surface area (Å²) < 4.78 is 0. The minimum absolute atomic E-state index is 0.0806. The van der Waals surface area contributed by atoms with Crippen molar-refractivity contribution in [1.82, 2.24) is 4.90 Å². The van der Waals surface area contributed by atoms with E-state index in [1.807, 2.05) is 4.90 Å². The van der Waals surface area contributed by atoms with E-state index in [2.05, 4.69) is 20.8 Å². The van der Waals surface area contributed by atoms with E-state index in [0.29, 0.717) is 32.5 Å². The number of nitrogens with two attached hydrogens (primary N) is 2. The van der Waals surface area contributed by atoms with Gasteiger partial charge in [0.15, 0.2) is 0 Å². The number of likely N-dealkylation sites (tertiary alicyclic amines) is 1. The van der Waals surface area contributed by atoms with Gasteiger partial charge in [0.1, 0.15) is 0 Å². The second kappa shape index (κ2) is 6.37. The van der Waals surface area contributed by atoms with Gasteiger partial charge >= 0.3 is 0 Å². The van der Waals surface area contributed by atoms with Gasteiger partial charge in [0.25, 0.3) is 0 Å². The third kappa shape index (κ3) is 4.82. The van der Waals surface area contributed by atoms with Crippen molar-refractivity contribution in [3.63, 3.8) is 0 Å². The summed E-state index contributed by atoms with van der Waals surface area (Å²) in [6, 6.07) is 0. The molecule has 0 spiro atoms. The Morgan fingerprint density at radius 3 is 2.16 bits per heavy atom. The van der Waals surface area contributed by atoms with Gasteiger partial charge in [-0.3, -0.25) is 9.59 Å². The van der Waals surface area contributed by atoms with Crippen LogP contribution in [0.3, 0.4) is 0 Å². The monoisotopic (exact) mass is 269 g/mol. The largest absolute Gasteiger partial charge is 0.369 e. The molecule has 5 heteroatoms. The number of primary amides is 1. The molecule has 5 nitrogen and oxygen atoms in total. The van der Waals surface area contributed by atoms with E-state index in [1.54, 1.807) is 0 Å². The van der Waals surface area contributed by atoms with Gasteiger partial charge in [0.05, 0.1) is 5.92 Å². The normalized spacial score (nSPS) is 19.3. The first-order chi connectivity index (χ1) is 8.74. The molecule has 1 rings (SSSR count). The van der Waals surface area contributed by atoms with Gasteiger partial charge in [-0.25, -0.2) is 0 Å². The van der Waals surface area contributed by atoms with Crippen LogP contribution in [0.5, 0.6) is 0 Å². The van der Waals surface area contributed by atoms with Gasteiger partial charge in [-0.2, -0.15) is 0 Å². The summed E-state index contributed by atoms with van der Waals surface area (Å²) in [6.45, 7) is 7.96. The average Bonchev–Trinajstić information content (AvgIpc) is 2.34. The predicted octanol–water partition coefficient (Wildman–Crippen LogP) is 0.721.